The molecule has 0 amide bonds. The molecule has 3 nitrogen and oxygen atoms in total. The molecule has 2 aromatic rings. The zero-order chi connectivity index (χ0) is 15.1. The van der Waals surface area contributed by atoms with Crippen molar-refractivity contribution in [2.24, 2.45) is 0 Å². The Hall–Kier alpha value is -1.03. The highest BCUT2D eigenvalue weighted by Gasteiger charge is 2.14. The topological polar surface area (TPSA) is 49.7 Å². The molecule has 0 aliphatic heterocycles. The maximum absolute atomic E-state index is 9.08. The van der Waals surface area contributed by atoms with Gasteiger partial charge in [0.15, 0.2) is 0 Å². The molecule has 2 aromatic carbocycles. The highest BCUT2D eigenvalue weighted by Crippen LogP contribution is 2.37. The number of benzene rings is 2. The second kappa shape index (κ2) is 7.83. The van der Waals surface area contributed by atoms with Crippen LogP contribution in [0.3, 0.4) is 0 Å². The average Bonchev–Trinajstić information content (AvgIpc) is 2.48. The Morgan fingerprint density at radius 3 is 1.81 bits per heavy atom. The van der Waals surface area contributed by atoms with Gasteiger partial charge in [0.25, 0.3) is 0 Å². The van der Waals surface area contributed by atoms with E-state index in [9.17, 15) is 0 Å². The van der Waals surface area contributed by atoms with Crippen LogP contribution in [0.25, 0.3) is 0 Å². The van der Waals surface area contributed by atoms with Crippen molar-refractivity contribution in [1.82, 2.24) is 0 Å². The van der Waals surface area contributed by atoms with Gasteiger partial charge in [-0.25, -0.2) is 0 Å². The van der Waals surface area contributed by atoms with Gasteiger partial charge < -0.3 is 14.3 Å². The highest BCUT2D eigenvalue weighted by atomic mass is 32.5. The minimum absolute atomic E-state index is 0.264. The molecular formula is C16H19O3PS. The van der Waals surface area contributed by atoms with Crippen molar-refractivity contribution < 1.29 is 14.3 Å². The van der Waals surface area contributed by atoms with E-state index in [1.54, 1.807) is 0 Å². The summed E-state index contributed by atoms with van der Waals surface area (Å²) in [7, 11) is 0. The van der Waals surface area contributed by atoms with Gasteiger partial charge in [-0.2, -0.15) is 0 Å². The molecule has 5 heteroatoms. The van der Waals surface area contributed by atoms with Gasteiger partial charge in [-0.15, -0.1) is 0 Å². The summed E-state index contributed by atoms with van der Waals surface area (Å²) >= 11 is 4.45. The Labute approximate surface area is 130 Å². The second-order valence-electron chi connectivity index (χ2n) is 4.84. The van der Waals surface area contributed by atoms with Crippen molar-refractivity contribution in [2.45, 2.75) is 18.8 Å². The van der Waals surface area contributed by atoms with Gasteiger partial charge >= 0.3 is 6.72 Å². The summed E-state index contributed by atoms with van der Waals surface area (Å²) in [5.41, 5.74) is 2.49. The Morgan fingerprint density at radius 1 is 0.905 bits per heavy atom. The van der Waals surface area contributed by atoms with E-state index in [2.05, 4.69) is 36.1 Å². The van der Waals surface area contributed by atoms with Gasteiger partial charge in [0, 0.05) is 5.92 Å². The summed E-state index contributed by atoms with van der Waals surface area (Å²) in [6, 6.07) is 20.6. The summed E-state index contributed by atoms with van der Waals surface area (Å²) in [5, 5.41) is 0. The maximum atomic E-state index is 9.08. The van der Waals surface area contributed by atoms with Gasteiger partial charge in [-0.05, 0) is 35.8 Å². The third-order valence-corrected chi connectivity index (χ3v) is 4.14. The van der Waals surface area contributed by atoms with Crippen molar-refractivity contribution in [3.05, 3.63) is 71.8 Å². The van der Waals surface area contributed by atoms with Crippen LogP contribution in [0.1, 0.15) is 29.9 Å². The van der Waals surface area contributed by atoms with Gasteiger partial charge in [-0.1, -0.05) is 60.7 Å². The molecule has 0 spiro atoms. The fraction of sp³-hybridized carbons (Fsp3) is 0.250. The molecule has 0 atom stereocenters. The van der Waals surface area contributed by atoms with E-state index in [0.29, 0.717) is 6.42 Å². The van der Waals surface area contributed by atoms with Crippen molar-refractivity contribution in [3.8, 4) is 0 Å². The van der Waals surface area contributed by atoms with Crippen LogP contribution in [-0.4, -0.2) is 16.4 Å². The van der Waals surface area contributed by atoms with Crippen LogP contribution >= 0.6 is 6.72 Å². The first-order valence-corrected chi connectivity index (χ1v) is 9.49. The molecule has 0 aliphatic carbocycles. The SMILES string of the molecule is OP(O)(=S)OCCCC(c1ccccc1)c1ccccc1. The molecule has 0 radical (unpaired) electrons. The molecule has 0 unspecified atom stereocenters. The number of hydrogen-bond acceptors (Lipinski definition) is 2. The van der Waals surface area contributed by atoms with Crippen molar-refractivity contribution >= 4 is 18.5 Å². The third-order valence-electron chi connectivity index (χ3n) is 3.30. The molecule has 0 saturated heterocycles. The van der Waals surface area contributed by atoms with E-state index in [4.69, 9.17) is 14.3 Å². The summed E-state index contributed by atoms with van der Waals surface area (Å²) in [5.74, 6) is 0.270. The van der Waals surface area contributed by atoms with Crippen LogP contribution in [0.4, 0.5) is 0 Å². The van der Waals surface area contributed by atoms with Gasteiger partial charge in [0.1, 0.15) is 0 Å². The fourth-order valence-corrected chi connectivity index (χ4v) is 2.96. The molecule has 0 fully saturated rings. The van der Waals surface area contributed by atoms with Gasteiger partial charge in [0.2, 0.25) is 0 Å². The lowest BCUT2D eigenvalue weighted by Crippen LogP contribution is -2.03. The molecule has 0 heterocycles. The first-order chi connectivity index (χ1) is 10.1. The molecule has 112 valence electrons. The van der Waals surface area contributed by atoms with E-state index >= 15 is 0 Å². The molecular weight excluding hydrogens is 303 g/mol. The van der Waals surface area contributed by atoms with Crippen LogP contribution in [0.2, 0.25) is 0 Å². The second-order valence-corrected chi connectivity index (χ2v) is 7.51. The van der Waals surface area contributed by atoms with Crippen molar-refractivity contribution in [1.29, 1.82) is 0 Å². The van der Waals surface area contributed by atoms with E-state index in [1.807, 2.05) is 36.4 Å². The standard InChI is InChI=1S/C16H19O3PS/c17-20(18,21)19-13-7-12-16(14-8-3-1-4-9-14)15-10-5-2-6-11-15/h1-6,8-11,16H,7,12-13H2,(H2,17,18,21). The van der Waals surface area contributed by atoms with E-state index in [0.717, 1.165) is 6.42 Å². The fourth-order valence-electron chi connectivity index (χ4n) is 2.37. The van der Waals surface area contributed by atoms with E-state index < -0.39 is 6.72 Å². The lowest BCUT2D eigenvalue weighted by molar-refractivity contribution is 0.245. The number of hydrogen-bond donors (Lipinski definition) is 2. The first-order valence-electron chi connectivity index (χ1n) is 6.86. The van der Waals surface area contributed by atoms with Gasteiger partial charge in [0.05, 0.1) is 6.61 Å². The Bertz CT molecular complexity index is 543. The van der Waals surface area contributed by atoms with Gasteiger partial charge in [-0.3, -0.25) is 0 Å². The Balaban J connectivity index is 2.05. The molecule has 0 aliphatic rings. The Morgan fingerprint density at radius 2 is 1.38 bits per heavy atom. The average molecular weight is 322 g/mol. The summed E-state index contributed by atoms with van der Waals surface area (Å²) in [4.78, 5) is 18.2. The quantitative estimate of drug-likeness (QED) is 0.601. The minimum Gasteiger partial charge on any atom is -0.325 e. The summed E-state index contributed by atoms with van der Waals surface area (Å²) < 4.78 is 4.89. The molecule has 2 rings (SSSR count). The van der Waals surface area contributed by atoms with Crippen LogP contribution in [-0.2, 0) is 16.3 Å². The highest BCUT2D eigenvalue weighted by molar-refractivity contribution is 8.06. The van der Waals surface area contributed by atoms with Crippen molar-refractivity contribution in [2.75, 3.05) is 6.61 Å². The van der Waals surface area contributed by atoms with Crippen molar-refractivity contribution in [3.63, 3.8) is 0 Å². The monoisotopic (exact) mass is 322 g/mol. The third kappa shape index (κ3) is 5.70. The normalized spacial score (nSPS) is 11.8. The summed E-state index contributed by atoms with van der Waals surface area (Å²) in [6.45, 7) is -3.27. The smallest absolute Gasteiger partial charge is 0.321 e. The molecule has 2 N–H and O–H groups in total. The predicted octanol–water partition coefficient (Wildman–Crippen LogP) is 3.82. The zero-order valence-electron chi connectivity index (χ0n) is 11.6. The lowest BCUT2D eigenvalue weighted by Gasteiger charge is -2.18. The van der Waals surface area contributed by atoms with E-state index in [-0.39, 0.29) is 12.5 Å². The predicted molar refractivity (Wildman–Crippen MR) is 88.6 cm³/mol. The zero-order valence-corrected chi connectivity index (χ0v) is 13.3. The molecule has 0 aromatic heterocycles. The van der Waals surface area contributed by atoms with Crippen LogP contribution in [0.15, 0.2) is 60.7 Å². The van der Waals surface area contributed by atoms with Crippen LogP contribution in [0.5, 0.6) is 0 Å². The van der Waals surface area contributed by atoms with Crippen LogP contribution < -0.4 is 0 Å². The molecule has 0 bridgehead atoms. The van der Waals surface area contributed by atoms with Crippen LogP contribution in [0, 0.1) is 0 Å². The van der Waals surface area contributed by atoms with E-state index in [1.165, 1.54) is 11.1 Å². The Kier molecular flexibility index (Phi) is 6.09. The largest absolute Gasteiger partial charge is 0.325 e. The molecule has 21 heavy (non-hydrogen) atoms. The summed E-state index contributed by atoms with van der Waals surface area (Å²) in [6.07, 6.45) is 1.58. The lowest BCUT2D eigenvalue weighted by atomic mass is 9.88. The maximum Gasteiger partial charge on any atom is 0.321 e. The number of rotatable bonds is 7. The first kappa shape index (κ1) is 16.3. The minimum atomic E-state index is -3.54. The molecule has 0 saturated carbocycles.